The van der Waals surface area contributed by atoms with Crippen LogP contribution in [-0.4, -0.2) is 6.54 Å². The summed E-state index contributed by atoms with van der Waals surface area (Å²) in [6, 6.07) is 4.24. The molecule has 0 aliphatic heterocycles. The van der Waals surface area contributed by atoms with Gasteiger partial charge in [0.2, 0.25) is 0 Å². The highest BCUT2D eigenvalue weighted by atomic mass is 19.3. The summed E-state index contributed by atoms with van der Waals surface area (Å²) >= 11 is 0. The van der Waals surface area contributed by atoms with E-state index in [1.54, 1.807) is 12.1 Å². The molecule has 0 unspecified atom stereocenters. The Bertz CT molecular complexity index is 344. The summed E-state index contributed by atoms with van der Waals surface area (Å²) in [4.78, 5) is 0. The van der Waals surface area contributed by atoms with Gasteiger partial charge >= 0.3 is 12.1 Å². The molecule has 1 aromatic carbocycles. The Morgan fingerprint density at radius 3 is 2.20 bits per heavy atom. The van der Waals surface area contributed by atoms with Crippen molar-refractivity contribution in [1.29, 1.82) is 0 Å². The predicted molar refractivity (Wildman–Crippen MR) is 50.2 cm³/mol. The van der Waals surface area contributed by atoms with Gasteiger partial charge < -0.3 is 10.5 Å². The molecule has 2 N–H and O–H groups in total. The van der Waals surface area contributed by atoms with Gasteiger partial charge in [0.1, 0.15) is 5.75 Å². The molecule has 0 saturated carbocycles. The van der Waals surface area contributed by atoms with E-state index in [4.69, 9.17) is 5.73 Å². The Labute approximate surface area is 85.2 Å². The number of halogens is 3. The molecule has 0 spiro atoms. The molecule has 0 saturated heterocycles. The van der Waals surface area contributed by atoms with Crippen LogP contribution in [0.5, 0.6) is 5.75 Å². The van der Waals surface area contributed by atoms with Gasteiger partial charge in [0, 0.05) is 0 Å². The summed E-state index contributed by atoms with van der Waals surface area (Å²) in [5.74, 6) is 0.0288. The highest BCUT2D eigenvalue weighted by molar-refractivity contribution is 5.28. The number of ether oxygens (including phenoxy) is 1. The number of hydrogen-bond acceptors (Lipinski definition) is 2. The molecule has 1 aromatic rings. The molecule has 0 radical (unpaired) electrons. The third-order valence-electron chi connectivity index (χ3n) is 1.71. The minimum Gasteiger partial charge on any atom is -0.428 e. The molecule has 0 aliphatic rings. The lowest BCUT2D eigenvalue weighted by atomic mass is 10.1. The first kappa shape index (κ1) is 11.6. The van der Waals surface area contributed by atoms with Gasteiger partial charge in [-0.1, -0.05) is 12.1 Å². The lowest BCUT2D eigenvalue weighted by Crippen LogP contribution is -2.02. The van der Waals surface area contributed by atoms with E-state index in [1.165, 1.54) is 12.1 Å². The quantitative estimate of drug-likeness (QED) is 0.787. The molecule has 0 aliphatic carbocycles. The van der Waals surface area contributed by atoms with E-state index < -0.39 is 12.1 Å². The molecular formula is C10H10F3NO. The maximum atomic E-state index is 12.3. The minimum absolute atomic E-state index is 0.0288. The Kier molecular flexibility index (Phi) is 4.17. The van der Waals surface area contributed by atoms with E-state index in [2.05, 4.69) is 4.74 Å². The predicted octanol–water partition coefficient (Wildman–Crippen LogP) is 2.60. The Hall–Kier alpha value is -1.49. The number of nitrogens with two attached hydrogens (primary N) is 1. The standard InChI is InChI=1S/C10H10F3NO/c11-9(12)10(13)15-8-3-1-7(2-4-8)5-6-14/h1-4H,5-6,14H2. The zero-order valence-corrected chi connectivity index (χ0v) is 7.84. The fourth-order valence-corrected chi connectivity index (χ4v) is 1.03. The molecule has 1 rings (SSSR count). The van der Waals surface area contributed by atoms with Crippen molar-refractivity contribution in [3.05, 3.63) is 41.9 Å². The average molecular weight is 217 g/mol. The summed E-state index contributed by atoms with van der Waals surface area (Å²) < 4.78 is 39.9. The van der Waals surface area contributed by atoms with Gasteiger partial charge in [-0.05, 0) is 30.7 Å². The third-order valence-corrected chi connectivity index (χ3v) is 1.71. The van der Waals surface area contributed by atoms with E-state index in [9.17, 15) is 13.2 Å². The van der Waals surface area contributed by atoms with E-state index in [0.29, 0.717) is 13.0 Å². The maximum Gasteiger partial charge on any atom is 0.344 e. The van der Waals surface area contributed by atoms with Crippen LogP contribution in [0.2, 0.25) is 0 Å². The minimum atomic E-state index is -2.47. The largest absolute Gasteiger partial charge is 0.428 e. The van der Waals surface area contributed by atoms with Crippen LogP contribution in [0, 0.1) is 0 Å². The molecule has 0 fully saturated rings. The Balaban J connectivity index is 2.69. The molecule has 0 atom stereocenters. The lowest BCUT2D eigenvalue weighted by Gasteiger charge is -2.03. The van der Waals surface area contributed by atoms with E-state index in [1.807, 2.05) is 0 Å². The monoisotopic (exact) mass is 217 g/mol. The summed E-state index contributed by atoms with van der Waals surface area (Å²) in [7, 11) is 0. The first-order chi connectivity index (χ1) is 7.13. The fourth-order valence-electron chi connectivity index (χ4n) is 1.03. The number of rotatable bonds is 4. The molecule has 15 heavy (non-hydrogen) atoms. The molecule has 0 aromatic heterocycles. The van der Waals surface area contributed by atoms with Crippen LogP contribution in [0.4, 0.5) is 13.2 Å². The van der Waals surface area contributed by atoms with Crippen LogP contribution in [-0.2, 0) is 6.42 Å². The van der Waals surface area contributed by atoms with Crippen LogP contribution in [0.25, 0.3) is 0 Å². The summed E-state index contributed by atoms with van der Waals surface area (Å²) in [5.41, 5.74) is 6.26. The van der Waals surface area contributed by atoms with E-state index in [-0.39, 0.29) is 5.75 Å². The van der Waals surface area contributed by atoms with Crippen molar-refractivity contribution in [3.63, 3.8) is 0 Å². The molecular weight excluding hydrogens is 207 g/mol. The Morgan fingerprint density at radius 2 is 1.73 bits per heavy atom. The van der Waals surface area contributed by atoms with Crippen LogP contribution >= 0.6 is 0 Å². The molecule has 5 heteroatoms. The summed E-state index contributed by atoms with van der Waals surface area (Å²) in [6.07, 6.45) is -1.79. The second-order valence-electron chi connectivity index (χ2n) is 2.82. The van der Waals surface area contributed by atoms with Gasteiger partial charge in [-0.25, -0.2) is 0 Å². The normalized spacial score (nSPS) is 9.87. The van der Waals surface area contributed by atoms with Crippen molar-refractivity contribution in [2.24, 2.45) is 5.73 Å². The van der Waals surface area contributed by atoms with Gasteiger partial charge in [0.15, 0.2) is 0 Å². The number of hydrogen-bond donors (Lipinski definition) is 1. The topological polar surface area (TPSA) is 35.2 Å². The second kappa shape index (κ2) is 5.41. The van der Waals surface area contributed by atoms with Crippen molar-refractivity contribution in [1.82, 2.24) is 0 Å². The summed E-state index contributed by atoms with van der Waals surface area (Å²) in [6.45, 7) is 0.494. The van der Waals surface area contributed by atoms with Crippen LogP contribution in [0.15, 0.2) is 36.4 Å². The van der Waals surface area contributed by atoms with Crippen molar-refractivity contribution in [2.45, 2.75) is 6.42 Å². The average Bonchev–Trinajstić information content (AvgIpc) is 2.21. The molecule has 82 valence electrons. The Morgan fingerprint density at radius 1 is 1.13 bits per heavy atom. The van der Waals surface area contributed by atoms with Crippen molar-refractivity contribution < 1.29 is 17.9 Å². The van der Waals surface area contributed by atoms with Gasteiger partial charge in [-0.3, -0.25) is 0 Å². The third kappa shape index (κ3) is 3.63. The highest BCUT2D eigenvalue weighted by Gasteiger charge is 2.07. The zero-order chi connectivity index (χ0) is 11.3. The van der Waals surface area contributed by atoms with Crippen molar-refractivity contribution in [3.8, 4) is 5.75 Å². The van der Waals surface area contributed by atoms with Crippen LogP contribution in [0.1, 0.15) is 5.56 Å². The molecule has 0 heterocycles. The van der Waals surface area contributed by atoms with E-state index in [0.717, 1.165) is 5.56 Å². The number of benzene rings is 1. The van der Waals surface area contributed by atoms with E-state index >= 15 is 0 Å². The maximum absolute atomic E-state index is 12.3. The van der Waals surface area contributed by atoms with Gasteiger partial charge in [-0.15, -0.1) is 0 Å². The second-order valence-corrected chi connectivity index (χ2v) is 2.82. The zero-order valence-electron chi connectivity index (χ0n) is 7.84. The van der Waals surface area contributed by atoms with Gasteiger partial charge in [0.05, 0.1) is 0 Å². The summed E-state index contributed by atoms with van der Waals surface area (Å²) in [5, 5.41) is 0. The highest BCUT2D eigenvalue weighted by Crippen LogP contribution is 2.18. The SMILES string of the molecule is NCCc1ccc(OC(F)=C(F)F)cc1. The van der Waals surface area contributed by atoms with Gasteiger partial charge in [0.25, 0.3) is 0 Å². The molecule has 2 nitrogen and oxygen atoms in total. The first-order valence-corrected chi connectivity index (χ1v) is 4.31. The molecule has 0 bridgehead atoms. The van der Waals surface area contributed by atoms with Gasteiger partial charge in [-0.2, -0.15) is 13.2 Å². The lowest BCUT2D eigenvalue weighted by molar-refractivity contribution is 0.241. The fraction of sp³-hybridized carbons (Fsp3) is 0.200. The van der Waals surface area contributed by atoms with Crippen molar-refractivity contribution in [2.75, 3.05) is 6.54 Å². The molecule has 0 amide bonds. The first-order valence-electron chi connectivity index (χ1n) is 4.31. The van der Waals surface area contributed by atoms with Crippen LogP contribution in [0.3, 0.4) is 0 Å². The smallest absolute Gasteiger partial charge is 0.344 e. The van der Waals surface area contributed by atoms with Crippen molar-refractivity contribution >= 4 is 0 Å². The van der Waals surface area contributed by atoms with Crippen LogP contribution < -0.4 is 10.5 Å².